The zero-order valence-electron chi connectivity index (χ0n) is 15.2. The van der Waals surface area contributed by atoms with E-state index in [2.05, 4.69) is 27.7 Å². The van der Waals surface area contributed by atoms with Crippen LogP contribution < -0.4 is 0 Å². The van der Waals surface area contributed by atoms with Gasteiger partial charge in [0.2, 0.25) is 9.76 Å². The van der Waals surface area contributed by atoms with Crippen LogP contribution in [0.4, 0.5) is 0 Å². The van der Waals surface area contributed by atoms with Crippen molar-refractivity contribution in [1.29, 1.82) is 0 Å². The van der Waals surface area contributed by atoms with E-state index >= 15 is 0 Å². The van der Waals surface area contributed by atoms with Gasteiger partial charge in [-0.15, -0.1) is 0 Å². The molecule has 0 N–H and O–H groups in total. The van der Waals surface area contributed by atoms with Gasteiger partial charge in [0, 0.05) is 5.60 Å². The van der Waals surface area contributed by atoms with E-state index in [-0.39, 0.29) is 17.5 Å². The third-order valence-corrected chi connectivity index (χ3v) is 10.9. The van der Waals surface area contributed by atoms with Crippen molar-refractivity contribution in [2.75, 3.05) is 0 Å². The highest BCUT2D eigenvalue weighted by Crippen LogP contribution is 2.33. The van der Waals surface area contributed by atoms with Crippen LogP contribution in [0.25, 0.3) is 0 Å². The van der Waals surface area contributed by atoms with E-state index in [1.165, 1.54) is 0 Å². The largest absolute Gasteiger partial charge is 0.519 e. The van der Waals surface area contributed by atoms with E-state index in [0.717, 1.165) is 24.6 Å². The highest BCUT2D eigenvalue weighted by Gasteiger charge is 2.40. The zero-order chi connectivity index (χ0) is 16.7. The molecule has 0 rings (SSSR count). The summed E-state index contributed by atoms with van der Waals surface area (Å²) in [7, 11) is -1.58. The second kappa shape index (κ2) is 9.10. The van der Waals surface area contributed by atoms with Crippen molar-refractivity contribution in [2.24, 2.45) is 5.92 Å². The zero-order valence-corrected chi connectivity index (χ0v) is 17.2. The van der Waals surface area contributed by atoms with Gasteiger partial charge >= 0.3 is 0 Å². The fraction of sp³-hybridized carbons (Fsp3) is 0.938. The Labute approximate surface area is 135 Å². The van der Waals surface area contributed by atoms with Crippen molar-refractivity contribution in [2.45, 2.75) is 91.1 Å². The number of hydrogen-bond acceptors (Lipinski definition) is 3. The van der Waals surface area contributed by atoms with Crippen molar-refractivity contribution in [3.8, 4) is 0 Å². The Morgan fingerprint density at radius 1 is 1.14 bits per heavy atom. The summed E-state index contributed by atoms with van der Waals surface area (Å²) < 4.78 is 11.8. The van der Waals surface area contributed by atoms with Gasteiger partial charge < -0.3 is 8.85 Å². The highest BCUT2D eigenvalue weighted by atomic mass is 28.4. The summed E-state index contributed by atoms with van der Waals surface area (Å²) in [5.41, 5.74) is 0.390. The Morgan fingerprint density at radius 3 is 2.05 bits per heavy atom. The minimum atomic E-state index is -1.94. The summed E-state index contributed by atoms with van der Waals surface area (Å²) >= 11 is 0. The maximum absolute atomic E-state index is 12.4. The Bertz CT molecular complexity index is 309. The molecule has 2 unspecified atom stereocenters. The summed E-state index contributed by atoms with van der Waals surface area (Å²) in [6, 6.07) is 2.78. The van der Waals surface area contributed by atoms with Gasteiger partial charge in [0.1, 0.15) is 0 Å². The molecule has 0 saturated heterocycles. The summed E-state index contributed by atoms with van der Waals surface area (Å²) in [6.45, 7) is 16.8. The molecule has 124 valence electrons. The molecule has 5 heteroatoms. The van der Waals surface area contributed by atoms with Crippen molar-refractivity contribution < 1.29 is 13.6 Å². The predicted octanol–water partition coefficient (Wildman–Crippen LogP) is 4.80. The Hall–Kier alpha value is -0.136. The van der Waals surface area contributed by atoms with Crippen LogP contribution >= 0.6 is 0 Å². The van der Waals surface area contributed by atoms with E-state index in [1.54, 1.807) is 0 Å². The molecule has 0 aliphatic carbocycles. The summed E-state index contributed by atoms with van der Waals surface area (Å²) in [4.78, 5) is 12.4. The van der Waals surface area contributed by atoms with E-state index in [9.17, 15) is 4.79 Å². The standard InChI is InChI=1S/C16H34O3Si2/c1-9-14(5)21(10-2,11-3)18-15(17)13(4)12-20-19-16(6,7)8/h13-14H,9-12H2,1-8H3. The Kier molecular flexibility index (Phi) is 9.05. The second-order valence-electron chi connectivity index (χ2n) is 6.97. The molecule has 0 fully saturated rings. The monoisotopic (exact) mass is 330 g/mol. The molecular weight excluding hydrogens is 296 g/mol. The molecule has 0 aliphatic heterocycles. The topological polar surface area (TPSA) is 35.5 Å². The fourth-order valence-electron chi connectivity index (χ4n) is 2.33. The normalized spacial score (nSPS) is 15.6. The van der Waals surface area contributed by atoms with Crippen LogP contribution in [-0.4, -0.2) is 29.7 Å². The van der Waals surface area contributed by atoms with Gasteiger partial charge in [-0.2, -0.15) is 0 Å². The summed E-state index contributed by atoms with van der Waals surface area (Å²) in [5, 5.41) is 0. The van der Waals surface area contributed by atoms with Crippen LogP contribution in [0.5, 0.6) is 0 Å². The third kappa shape index (κ3) is 7.11. The number of rotatable bonds is 9. The van der Waals surface area contributed by atoms with E-state index in [0.29, 0.717) is 15.3 Å². The van der Waals surface area contributed by atoms with Crippen molar-refractivity contribution in [3.63, 3.8) is 0 Å². The average molecular weight is 331 g/mol. The first-order valence-corrected chi connectivity index (χ1v) is 11.8. The van der Waals surface area contributed by atoms with E-state index < -0.39 is 8.32 Å². The Morgan fingerprint density at radius 2 is 1.67 bits per heavy atom. The molecule has 0 heterocycles. The van der Waals surface area contributed by atoms with E-state index in [1.807, 2.05) is 27.7 Å². The van der Waals surface area contributed by atoms with Crippen LogP contribution in [-0.2, 0) is 13.6 Å². The molecule has 3 nitrogen and oxygen atoms in total. The predicted molar refractivity (Wildman–Crippen MR) is 93.1 cm³/mol. The maximum Gasteiger partial charge on any atom is 0.295 e. The molecule has 0 amide bonds. The lowest BCUT2D eigenvalue weighted by Gasteiger charge is -2.35. The lowest BCUT2D eigenvalue weighted by atomic mass is 10.2. The molecule has 0 saturated carbocycles. The third-order valence-electron chi connectivity index (χ3n) is 4.18. The van der Waals surface area contributed by atoms with Crippen molar-refractivity contribution in [1.82, 2.24) is 0 Å². The number of carbonyl (C=O) groups is 1. The first-order chi connectivity index (χ1) is 9.61. The van der Waals surface area contributed by atoms with Gasteiger partial charge in [0.25, 0.3) is 14.3 Å². The maximum atomic E-state index is 12.4. The lowest BCUT2D eigenvalue weighted by molar-refractivity contribution is -0.139. The molecule has 0 spiro atoms. The number of hydrogen-bond donors (Lipinski definition) is 0. The first kappa shape index (κ1) is 20.9. The number of carbonyl (C=O) groups excluding carboxylic acids is 1. The van der Waals surface area contributed by atoms with Crippen molar-refractivity contribution >= 4 is 24.0 Å². The quantitative estimate of drug-likeness (QED) is 0.569. The molecule has 0 aromatic carbocycles. The molecule has 0 bridgehead atoms. The van der Waals surface area contributed by atoms with Crippen LogP contribution in [0.15, 0.2) is 0 Å². The SMILES string of the molecule is CCC(C)[Si](CC)(CC)OC(=O)C(C)C[Si]OC(C)(C)C. The van der Waals surface area contributed by atoms with Gasteiger partial charge in [-0.3, -0.25) is 4.79 Å². The minimum absolute atomic E-state index is 0.0179. The Balaban J connectivity index is 4.55. The van der Waals surface area contributed by atoms with Crippen LogP contribution in [0.2, 0.25) is 23.7 Å². The van der Waals surface area contributed by atoms with Crippen LogP contribution in [0, 0.1) is 5.92 Å². The van der Waals surface area contributed by atoms with Gasteiger partial charge in [-0.25, -0.2) is 0 Å². The summed E-state index contributed by atoms with van der Waals surface area (Å²) in [5.74, 6) is -0.0876. The molecule has 0 aliphatic rings. The molecule has 2 radical (unpaired) electrons. The average Bonchev–Trinajstić information content (AvgIpc) is 2.42. The van der Waals surface area contributed by atoms with Gasteiger partial charge in [-0.1, -0.05) is 41.0 Å². The van der Waals surface area contributed by atoms with Crippen molar-refractivity contribution in [3.05, 3.63) is 0 Å². The van der Waals surface area contributed by atoms with Gasteiger partial charge in [0.05, 0.1) is 5.92 Å². The second-order valence-corrected chi connectivity index (χ2v) is 12.6. The lowest BCUT2D eigenvalue weighted by Crippen LogP contribution is -2.44. The van der Waals surface area contributed by atoms with Gasteiger partial charge in [0.15, 0.2) is 0 Å². The van der Waals surface area contributed by atoms with Gasteiger partial charge in [-0.05, 0) is 44.4 Å². The fourth-order valence-corrected chi connectivity index (χ4v) is 6.99. The van der Waals surface area contributed by atoms with Crippen LogP contribution in [0.1, 0.15) is 61.8 Å². The molecule has 0 aromatic heterocycles. The molecule has 21 heavy (non-hydrogen) atoms. The van der Waals surface area contributed by atoms with E-state index in [4.69, 9.17) is 8.85 Å². The first-order valence-electron chi connectivity index (χ1n) is 8.25. The molecule has 0 aromatic rings. The molecular formula is C16H34O3Si2. The van der Waals surface area contributed by atoms with Crippen LogP contribution in [0.3, 0.4) is 0 Å². The molecule has 2 atom stereocenters. The minimum Gasteiger partial charge on any atom is -0.519 e. The highest BCUT2D eigenvalue weighted by molar-refractivity contribution is 6.76. The summed E-state index contributed by atoms with van der Waals surface area (Å²) in [6.07, 6.45) is 1.09. The smallest absolute Gasteiger partial charge is 0.295 e.